The summed E-state index contributed by atoms with van der Waals surface area (Å²) in [5.74, 6) is -0.0774. The average Bonchev–Trinajstić information content (AvgIpc) is 3.53. The molecule has 0 aromatic carbocycles. The Morgan fingerprint density at radius 3 is 1.12 bits per heavy atom. The zero-order valence-electron chi connectivity index (χ0n) is 23.4. The Kier molecular flexibility index (Phi) is 9.20. The second kappa shape index (κ2) is 10.9. The van der Waals surface area contributed by atoms with Gasteiger partial charge in [0.25, 0.3) is 11.2 Å². The van der Waals surface area contributed by atoms with Crippen molar-refractivity contribution in [1.29, 1.82) is 0 Å². The van der Waals surface area contributed by atoms with E-state index >= 15 is 0 Å². The van der Waals surface area contributed by atoms with Crippen molar-refractivity contribution < 1.29 is 62.5 Å². The van der Waals surface area contributed by atoms with Crippen LogP contribution in [0.25, 0.3) is 0 Å². The lowest BCUT2D eigenvalue weighted by Gasteiger charge is -2.41. The molecule has 4 saturated carbocycles. The summed E-state index contributed by atoms with van der Waals surface area (Å²) < 4.78 is 159. The molecule has 14 heteroatoms. The van der Waals surface area contributed by atoms with Crippen LogP contribution in [-0.4, -0.2) is 48.1 Å². The maximum Gasteiger partial charge on any atom is 0.426 e. The van der Waals surface area contributed by atoms with Crippen molar-refractivity contribution in [3.8, 4) is 0 Å². The van der Waals surface area contributed by atoms with Gasteiger partial charge in [0.1, 0.15) is 0 Å². The third kappa shape index (κ3) is 5.82. The van der Waals surface area contributed by atoms with Gasteiger partial charge in [0, 0.05) is 7.11 Å². The first-order valence-electron chi connectivity index (χ1n) is 13.9. The van der Waals surface area contributed by atoms with Crippen LogP contribution < -0.4 is 0 Å². The molecule has 0 aromatic rings. The minimum atomic E-state index is -5.69. The number of ether oxygens (including phenoxy) is 1. The number of rotatable bonds is 5. The number of aliphatic hydroxyl groups is 1. The molecule has 0 heterocycles. The Hall–Kier alpha value is -0.920. The highest BCUT2D eigenvalue weighted by Gasteiger charge is 2.73. The summed E-state index contributed by atoms with van der Waals surface area (Å²) in [5.41, 5.74) is -8.63. The summed E-state index contributed by atoms with van der Waals surface area (Å²) in [5, 5.41) is 9.28. The summed E-state index contributed by atoms with van der Waals surface area (Å²) in [4.78, 5) is 0. The second-order valence-corrected chi connectivity index (χ2v) is 13.0. The van der Waals surface area contributed by atoms with Crippen LogP contribution in [0.15, 0.2) is 0 Å². The Morgan fingerprint density at radius 1 is 0.537 bits per heavy atom. The molecule has 4 rings (SSSR count). The molecule has 4 aliphatic carbocycles. The summed E-state index contributed by atoms with van der Waals surface area (Å²) in [6.45, 7) is 7.83. The normalized spacial score (nSPS) is 37.9. The number of methoxy groups -OCH3 is 1. The van der Waals surface area contributed by atoms with E-state index in [2.05, 4.69) is 4.74 Å². The molecule has 10 atom stereocenters. The van der Waals surface area contributed by atoms with Crippen molar-refractivity contribution in [1.82, 2.24) is 0 Å². The third-order valence-electron chi connectivity index (χ3n) is 11.4. The highest BCUT2D eigenvalue weighted by atomic mass is 19.4. The van der Waals surface area contributed by atoms with Crippen LogP contribution in [0.4, 0.5) is 52.7 Å². The Balaban J connectivity index is 0.000000226. The van der Waals surface area contributed by atoms with E-state index in [1.165, 1.54) is 0 Å². The van der Waals surface area contributed by atoms with Gasteiger partial charge in [0.15, 0.2) is 0 Å². The molecule has 41 heavy (non-hydrogen) atoms. The van der Waals surface area contributed by atoms with E-state index in [0.717, 1.165) is 6.42 Å². The van der Waals surface area contributed by atoms with Gasteiger partial charge in [-0.25, -0.2) is 0 Å². The Morgan fingerprint density at radius 2 is 0.878 bits per heavy atom. The number of alkyl halides is 12. The molecule has 0 amide bonds. The summed E-state index contributed by atoms with van der Waals surface area (Å²) in [6.07, 6.45) is -22.4. The van der Waals surface area contributed by atoms with Crippen molar-refractivity contribution in [2.24, 2.45) is 59.2 Å². The highest BCUT2D eigenvalue weighted by Crippen LogP contribution is 2.61. The molecule has 0 aliphatic heterocycles. The van der Waals surface area contributed by atoms with Gasteiger partial charge < -0.3 is 9.84 Å². The summed E-state index contributed by atoms with van der Waals surface area (Å²) in [7, 11) is 0.500. The van der Waals surface area contributed by atoms with Crippen LogP contribution in [0.1, 0.15) is 66.2 Å². The first kappa shape index (κ1) is 34.6. The van der Waals surface area contributed by atoms with Gasteiger partial charge in [-0.3, -0.25) is 0 Å². The molecule has 0 aromatic heterocycles. The quantitative estimate of drug-likeness (QED) is 0.310. The lowest BCUT2D eigenvalue weighted by Crippen LogP contribution is -2.59. The van der Waals surface area contributed by atoms with Crippen molar-refractivity contribution in [3.05, 3.63) is 0 Å². The Labute approximate surface area is 231 Å². The van der Waals surface area contributed by atoms with Crippen LogP contribution in [0.5, 0.6) is 0 Å². The summed E-state index contributed by atoms with van der Waals surface area (Å²) >= 11 is 0. The van der Waals surface area contributed by atoms with E-state index in [9.17, 15) is 57.8 Å². The summed E-state index contributed by atoms with van der Waals surface area (Å²) in [6, 6.07) is 0. The molecule has 10 unspecified atom stereocenters. The number of fused-ring (bicyclic) bond motifs is 4. The fourth-order valence-corrected chi connectivity index (χ4v) is 8.51. The predicted molar refractivity (Wildman–Crippen MR) is 124 cm³/mol. The predicted octanol–water partition coefficient (Wildman–Crippen LogP) is 8.97. The van der Waals surface area contributed by atoms with Crippen LogP contribution in [0.2, 0.25) is 0 Å². The molecule has 0 spiro atoms. The van der Waals surface area contributed by atoms with Gasteiger partial charge in [-0.1, -0.05) is 27.7 Å². The van der Waals surface area contributed by atoms with Crippen LogP contribution in [0, 0.1) is 59.2 Å². The van der Waals surface area contributed by atoms with Crippen LogP contribution in [-0.2, 0) is 4.74 Å². The van der Waals surface area contributed by atoms with E-state index in [-0.39, 0.29) is 35.5 Å². The zero-order valence-corrected chi connectivity index (χ0v) is 23.4. The fraction of sp³-hybridized carbons (Fsp3) is 1.00. The van der Waals surface area contributed by atoms with Crippen molar-refractivity contribution >= 4 is 0 Å². The minimum absolute atomic E-state index is 0.0655. The molecule has 4 aliphatic rings. The smallest absolute Gasteiger partial charge is 0.374 e. The van der Waals surface area contributed by atoms with Gasteiger partial charge in [-0.05, 0) is 97.7 Å². The lowest BCUT2D eigenvalue weighted by molar-refractivity contribution is -0.380. The first-order chi connectivity index (χ1) is 18.3. The van der Waals surface area contributed by atoms with E-state index < -0.39 is 60.6 Å². The highest BCUT2D eigenvalue weighted by molar-refractivity contribution is 5.05. The van der Waals surface area contributed by atoms with Gasteiger partial charge in [0.05, 0.1) is 0 Å². The number of halogens is 12. The van der Waals surface area contributed by atoms with E-state index in [0.29, 0.717) is 38.2 Å². The van der Waals surface area contributed by atoms with Gasteiger partial charge in [0.2, 0.25) is 0 Å². The van der Waals surface area contributed by atoms with E-state index in [4.69, 9.17) is 0 Å². The molecule has 1 N–H and O–H groups in total. The molecular formula is C27H38F12O2. The minimum Gasteiger partial charge on any atom is -0.374 e. The average molecular weight is 623 g/mol. The van der Waals surface area contributed by atoms with Crippen molar-refractivity contribution in [2.75, 3.05) is 7.11 Å². The number of hydrogen-bond acceptors (Lipinski definition) is 2. The molecule has 4 fully saturated rings. The molecule has 0 radical (unpaired) electrons. The molecular weight excluding hydrogens is 584 g/mol. The largest absolute Gasteiger partial charge is 0.426 e. The molecule has 4 bridgehead atoms. The maximum atomic E-state index is 13.1. The molecule has 0 saturated heterocycles. The topological polar surface area (TPSA) is 29.5 Å². The van der Waals surface area contributed by atoms with E-state index in [1.54, 1.807) is 0 Å². The van der Waals surface area contributed by atoms with Gasteiger partial charge in [-0.15, -0.1) is 0 Å². The van der Waals surface area contributed by atoms with Crippen molar-refractivity contribution in [3.63, 3.8) is 0 Å². The molecule has 2 nitrogen and oxygen atoms in total. The fourth-order valence-electron chi connectivity index (χ4n) is 8.51. The zero-order chi connectivity index (χ0) is 31.7. The van der Waals surface area contributed by atoms with Crippen molar-refractivity contribution in [2.45, 2.75) is 102 Å². The van der Waals surface area contributed by atoms with E-state index in [1.807, 2.05) is 27.7 Å². The van der Waals surface area contributed by atoms with Crippen LogP contribution >= 0.6 is 0 Å². The second-order valence-electron chi connectivity index (χ2n) is 13.0. The van der Waals surface area contributed by atoms with Gasteiger partial charge in [-0.2, -0.15) is 52.7 Å². The third-order valence-corrected chi connectivity index (χ3v) is 11.4. The first-order valence-corrected chi connectivity index (χ1v) is 13.9. The Bertz CT molecular complexity index is 876. The molecule has 242 valence electrons. The standard InChI is InChI=1S/C14H20F6O.C13H18F6O/c1-7-8(2)11-5-9(7)4-10(11)6-12(21-3,13(15,16)17)14(18,19)20;1-6-7(2)10-4-8(6)3-9(10)5-11(20,12(14,15)16)13(17,18)19/h7-11H,4-6H2,1-3H3;6-10,20H,3-5H2,1-2H3. The monoisotopic (exact) mass is 622 g/mol. The van der Waals surface area contributed by atoms with Crippen LogP contribution in [0.3, 0.4) is 0 Å². The van der Waals surface area contributed by atoms with Gasteiger partial charge >= 0.3 is 24.7 Å². The lowest BCUT2D eigenvalue weighted by atomic mass is 9.71. The SMILES string of the molecule is CC1C2CC(CC(O)(C(F)(F)F)C(F)(F)F)C(C2)C1C.COC(CC1CC2CC1C(C)C2C)(C(F)(F)F)C(F)(F)F. The number of hydrogen-bond donors (Lipinski definition) is 1. The maximum absolute atomic E-state index is 13.1.